The summed E-state index contributed by atoms with van der Waals surface area (Å²) in [7, 11) is 0. The van der Waals surface area contributed by atoms with Crippen molar-refractivity contribution in [1.82, 2.24) is 10.2 Å². The molecule has 2 saturated heterocycles. The number of imide groups is 1. The minimum absolute atomic E-state index is 0.148. The lowest BCUT2D eigenvalue weighted by atomic mass is 10.0. The first-order valence-corrected chi connectivity index (χ1v) is 9.10. The predicted octanol–water partition coefficient (Wildman–Crippen LogP) is 2.59. The molecule has 2 amide bonds. The van der Waals surface area contributed by atoms with Crippen LogP contribution in [0.4, 0.5) is 4.79 Å². The van der Waals surface area contributed by atoms with E-state index in [0.29, 0.717) is 6.42 Å². The summed E-state index contributed by atoms with van der Waals surface area (Å²) in [5.41, 5.74) is 1.85. The summed E-state index contributed by atoms with van der Waals surface area (Å²) in [5, 5.41) is 3.04. The van der Waals surface area contributed by atoms with Crippen LogP contribution in [0.1, 0.15) is 17.2 Å². The average Bonchev–Trinajstić information content (AvgIpc) is 3.26. The molecule has 2 aromatic carbocycles. The van der Waals surface area contributed by atoms with E-state index in [1.807, 2.05) is 60.7 Å². The van der Waals surface area contributed by atoms with Gasteiger partial charge in [0.1, 0.15) is 6.61 Å². The van der Waals surface area contributed by atoms with Gasteiger partial charge in [0.05, 0.1) is 6.04 Å². The number of ether oxygens (including phenoxy) is 2. The maximum absolute atomic E-state index is 13.2. The van der Waals surface area contributed by atoms with Crippen LogP contribution in [-0.2, 0) is 20.7 Å². The number of thiocarbonyl (C=S) groups is 1. The number of cyclic esters (lactones) is 1. The zero-order chi connectivity index (χ0) is 18.8. The molecular formula is C20H18N2O4S. The van der Waals surface area contributed by atoms with Crippen molar-refractivity contribution >= 4 is 29.4 Å². The molecular weight excluding hydrogens is 364 g/mol. The highest BCUT2D eigenvalue weighted by molar-refractivity contribution is 7.80. The molecule has 0 aliphatic carbocycles. The maximum Gasteiger partial charge on any atom is 0.417 e. The summed E-state index contributed by atoms with van der Waals surface area (Å²) in [6.45, 7) is 0.174. The molecule has 2 heterocycles. The van der Waals surface area contributed by atoms with Crippen molar-refractivity contribution in [3.8, 4) is 0 Å². The molecule has 4 rings (SSSR count). The van der Waals surface area contributed by atoms with Crippen molar-refractivity contribution in [3.63, 3.8) is 0 Å². The molecule has 0 saturated carbocycles. The fraction of sp³-hybridized carbons (Fsp3) is 0.250. The summed E-state index contributed by atoms with van der Waals surface area (Å²) in [6, 6.07) is 17.9. The summed E-state index contributed by atoms with van der Waals surface area (Å²) in [4.78, 5) is 26.7. The lowest BCUT2D eigenvalue weighted by molar-refractivity contribution is -0.132. The quantitative estimate of drug-likeness (QED) is 0.820. The first-order chi connectivity index (χ1) is 13.1. The Labute approximate surface area is 162 Å². The van der Waals surface area contributed by atoms with Crippen molar-refractivity contribution in [3.05, 3.63) is 71.8 Å². The Kier molecular flexibility index (Phi) is 4.77. The van der Waals surface area contributed by atoms with Gasteiger partial charge in [0, 0.05) is 0 Å². The molecule has 138 valence electrons. The van der Waals surface area contributed by atoms with E-state index in [1.54, 1.807) is 0 Å². The molecule has 2 aromatic rings. The van der Waals surface area contributed by atoms with Crippen molar-refractivity contribution in [2.75, 3.05) is 6.61 Å². The second-order valence-electron chi connectivity index (χ2n) is 6.49. The highest BCUT2D eigenvalue weighted by atomic mass is 32.1. The van der Waals surface area contributed by atoms with Crippen molar-refractivity contribution in [2.45, 2.75) is 24.6 Å². The van der Waals surface area contributed by atoms with E-state index in [0.717, 1.165) is 11.1 Å². The molecule has 0 aromatic heterocycles. The Balaban J connectivity index is 1.57. The van der Waals surface area contributed by atoms with Gasteiger partial charge in [-0.25, -0.2) is 9.69 Å². The first kappa shape index (κ1) is 17.5. The SMILES string of the molecule is O=C1OC[C@H](Cc2ccccc2)N1C(=O)[C@@H]1NC(=S)O[C@@H]1c1ccccc1. The summed E-state index contributed by atoms with van der Waals surface area (Å²) >= 11 is 5.11. The Hall–Kier alpha value is -2.93. The van der Waals surface area contributed by atoms with Gasteiger partial charge in [0.25, 0.3) is 11.1 Å². The number of hydrogen-bond acceptors (Lipinski definition) is 5. The maximum atomic E-state index is 13.2. The van der Waals surface area contributed by atoms with Gasteiger partial charge in [0.15, 0.2) is 12.1 Å². The van der Waals surface area contributed by atoms with Gasteiger partial charge in [0.2, 0.25) is 0 Å². The van der Waals surface area contributed by atoms with Crippen LogP contribution < -0.4 is 5.32 Å². The summed E-state index contributed by atoms with van der Waals surface area (Å²) in [6.07, 6.45) is -0.684. The average molecular weight is 382 g/mol. The second-order valence-corrected chi connectivity index (χ2v) is 6.86. The number of amides is 2. The third-order valence-electron chi connectivity index (χ3n) is 4.72. The van der Waals surface area contributed by atoms with E-state index in [2.05, 4.69) is 5.32 Å². The van der Waals surface area contributed by atoms with Crippen LogP contribution in [0, 0.1) is 0 Å². The Morgan fingerprint density at radius 2 is 1.78 bits per heavy atom. The molecule has 27 heavy (non-hydrogen) atoms. The highest BCUT2D eigenvalue weighted by Gasteiger charge is 2.47. The number of benzene rings is 2. The highest BCUT2D eigenvalue weighted by Crippen LogP contribution is 2.29. The van der Waals surface area contributed by atoms with Gasteiger partial charge in [-0.3, -0.25) is 4.79 Å². The Morgan fingerprint density at radius 3 is 2.48 bits per heavy atom. The van der Waals surface area contributed by atoms with Crippen LogP contribution in [0.2, 0.25) is 0 Å². The molecule has 7 heteroatoms. The van der Waals surface area contributed by atoms with Crippen molar-refractivity contribution < 1.29 is 19.1 Å². The lowest BCUT2D eigenvalue weighted by Crippen LogP contribution is -2.50. The van der Waals surface area contributed by atoms with Gasteiger partial charge in [-0.1, -0.05) is 60.7 Å². The van der Waals surface area contributed by atoms with E-state index >= 15 is 0 Å². The van der Waals surface area contributed by atoms with E-state index in [1.165, 1.54) is 4.90 Å². The molecule has 2 aliphatic heterocycles. The van der Waals surface area contributed by atoms with Crippen LogP contribution in [-0.4, -0.2) is 40.8 Å². The summed E-state index contributed by atoms with van der Waals surface area (Å²) < 4.78 is 10.8. The zero-order valence-electron chi connectivity index (χ0n) is 14.4. The smallest absolute Gasteiger partial charge is 0.417 e. The zero-order valence-corrected chi connectivity index (χ0v) is 15.2. The molecule has 2 aliphatic rings. The fourth-order valence-electron chi connectivity index (χ4n) is 3.43. The van der Waals surface area contributed by atoms with Gasteiger partial charge in [-0.15, -0.1) is 0 Å². The fourth-order valence-corrected chi connectivity index (χ4v) is 3.66. The topological polar surface area (TPSA) is 67.9 Å². The molecule has 0 spiro atoms. The Morgan fingerprint density at radius 1 is 1.11 bits per heavy atom. The van der Waals surface area contributed by atoms with Crippen LogP contribution in [0.3, 0.4) is 0 Å². The molecule has 0 radical (unpaired) electrons. The first-order valence-electron chi connectivity index (χ1n) is 8.69. The van der Waals surface area contributed by atoms with Gasteiger partial charge in [-0.05, 0) is 29.8 Å². The lowest BCUT2D eigenvalue weighted by Gasteiger charge is -2.24. The largest absolute Gasteiger partial charge is 0.460 e. The standard InChI is InChI=1S/C20H18N2O4S/c23-18(16-17(26-19(27)21-16)14-9-5-2-6-10-14)22-15(12-25-20(22)24)11-13-7-3-1-4-8-13/h1-10,15-17H,11-12H2,(H,21,27)/t15-,16+,17+/m0/s1. The second kappa shape index (κ2) is 7.36. The minimum atomic E-state index is -0.774. The van der Waals surface area contributed by atoms with E-state index in [-0.39, 0.29) is 17.8 Å². The van der Waals surface area contributed by atoms with Gasteiger partial charge < -0.3 is 14.8 Å². The van der Waals surface area contributed by atoms with Crippen molar-refractivity contribution in [1.29, 1.82) is 0 Å². The van der Waals surface area contributed by atoms with Crippen LogP contribution in [0.15, 0.2) is 60.7 Å². The molecule has 0 unspecified atom stereocenters. The number of nitrogens with one attached hydrogen (secondary N) is 1. The predicted molar refractivity (Wildman–Crippen MR) is 102 cm³/mol. The molecule has 6 nitrogen and oxygen atoms in total. The monoisotopic (exact) mass is 382 g/mol. The number of hydrogen-bond donors (Lipinski definition) is 1. The third-order valence-corrected chi connectivity index (χ3v) is 4.93. The number of nitrogens with zero attached hydrogens (tertiary/aromatic N) is 1. The Bertz CT molecular complexity index is 859. The van der Waals surface area contributed by atoms with Crippen molar-refractivity contribution in [2.24, 2.45) is 0 Å². The minimum Gasteiger partial charge on any atom is -0.460 e. The van der Waals surface area contributed by atoms with E-state index < -0.39 is 24.1 Å². The van der Waals surface area contributed by atoms with Crippen LogP contribution in [0.5, 0.6) is 0 Å². The number of rotatable bonds is 4. The van der Waals surface area contributed by atoms with E-state index in [9.17, 15) is 9.59 Å². The normalized spacial score (nSPS) is 24.3. The van der Waals surface area contributed by atoms with Gasteiger partial charge in [-0.2, -0.15) is 0 Å². The van der Waals surface area contributed by atoms with Crippen LogP contribution in [0.25, 0.3) is 0 Å². The van der Waals surface area contributed by atoms with Crippen LogP contribution >= 0.6 is 12.2 Å². The molecule has 0 bridgehead atoms. The number of carbonyl (C=O) groups excluding carboxylic acids is 2. The molecule has 2 fully saturated rings. The molecule has 3 atom stereocenters. The number of carbonyl (C=O) groups is 2. The summed E-state index contributed by atoms with van der Waals surface area (Å²) in [5.74, 6) is -0.396. The van der Waals surface area contributed by atoms with E-state index in [4.69, 9.17) is 21.7 Å². The third kappa shape index (κ3) is 3.50. The van der Waals surface area contributed by atoms with Gasteiger partial charge >= 0.3 is 6.09 Å². The molecule has 1 N–H and O–H groups in total.